The Morgan fingerprint density at radius 3 is 2.53 bits per heavy atom. The highest BCUT2D eigenvalue weighted by molar-refractivity contribution is 6.29. The fourth-order valence-corrected chi connectivity index (χ4v) is 9.38. The molecule has 182 valence electrons. The number of rotatable bonds is 7. The summed E-state index contributed by atoms with van der Waals surface area (Å²) in [7, 11) is 0. The van der Waals surface area contributed by atoms with Crippen molar-refractivity contribution in [3.05, 3.63) is 11.6 Å². The Morgan fingerprint density at radius 1 is 1.09 bits per heavy atom. The highest BCUT2D eigenvalue weighted by Crippen LogP contribution is 2.67. The quantitative estimate of drug-likeness (QED) is 0.305. The van der Waals surface area contributed by atoms with Gasteiger partial charge in [-0.1, -0.05) is 65.5 Å². The Balaban J connectivity index is 1.48. The van der Waals surface area contributed by atoms with Gasteiger partial charge >= 0.3 is 5.97 Å². The third-order valence-corrected chi connectivity index (χ3v) is 11.5. The molecule has 0 heterocycles. The first-order valence-electron chi connectivity index (χ1n) is 13.6. The molecule has 0 aliphatic heterocycles. The van der Waals surface area contributed by atoms with Crippen LogP contribution in [0, 0.1) is 52.3 Å². The van der Waals surface area contributed by atoms with Gasteiger partial charge in [0.2, 0.25) is 0 Å². The monoisotopic (exact) mass is 462 g/mol. The highest BCUT2D eigenvalue weighted by Gasteiger charge is 2.59. The molecule has 0 saturated heterocycles. The van der Waals surface area contributed by atoms with Crippen molar-refractivity contribution >= 4 is 17.6 Å². The Bertz CT molecular complexity index is 729. The highest BCUT2D eigenvalue weighted by atomic mass is 35.5. The van der Waals surface area contributed by atoms with Gasteiger partial charge in [0.15, 0.2) is 0 Å². The standard InChI is InChI=1S/C29H47ClO2/c1-18(2)7-6-8-19(3)23-11-12-24-22-10-9-21-17-20(26(30)27(31)32)13-15-28(21,4)25(22)14-16-29(23,24)5/h9,18-20,22-26H,6-8,10-17H2,1-5H3,(H,31,32)/t19-,20?,22?,23-,24?,25?,26?,28+,29-/m1/s1. The van der Waals surface area contributed by atoms with Gasteiger partial charge in [-0.25, -0.2) is 0 Å². The van der Waals surface area contributed by atoms with Crippen molar-refractivity contribution in [2.45, 2.75) is 111 Å². The first-order valence-corrected chi connectivity index (χ1v) is 14.1. The zero-order valence-corrected chi connectivity index (χ0v) is 22.0. The summed E-state index contributed by atoms with van der Waals surface area (Å²) >= 11 is 6.27. The molecule has 0 radical (unpaired) electrons. The predicted octanol–water partition coefficient (Wildman–Crippen LogP) is 8.34. The normalized spacial score (nSPS) is 43.1. The molecule has 0 aromatic carbocycles. The van der Waals surface area contributed by atoms with E-state index in [0.717, 1.165) is 54.8 Å². The van der Waals surface area contributed by atoms with Gasteiger partial charge < -0.3 is 5.11 Å². The van der Waals surface area contributed by atoms with E-state index in [4.69, 9.17) is 11.6 Å². The molecule has 0 aromatic rings. The molecule has 3 fully saturated rings. The molecule has 4 aliphatic rings. The molecule has 0 aromatic heterocycles. The van der Waals surface area contributed by atoms with Gasteiger partial charge in [0.1, 0.15) is 5.38 Å². The van der Waals surface area contributed by atoms with Crippen LogP contribution in [0.25, 0.3) is 0 Å². The van der Waals surface area contributed by atoms with Crippen molar-refractivity contribution in [3.8, 4) is 0 Å². The minimum atomic E-state index is -0.845. The number of hydrogen-bond acceptors (Lipinski definition) is 1. The van der Waals surface area contributed by atoms with E-state index in [1.165, 1.54) is 51.4 Å². The van der Waals surface area contributed by atoms with Crippen molar-refractivity contribution in [3.63, 3.8) is 0 Å². The number of halogens is 1. The van der Waals surface area contributed by atoms with E-state index in [2.05, 4.69) is 40.7 Å². The summed E-state index contributed by atoms with van der Waals surface area (Å²) in [4.78, 5) is 11.5. The molecule has 4 rings (SSSR count). The van der Waals surface area contributed by atoms with E-state index in [1.54, 1.807) is 5.57 Å². The average molecular weight is 463 g/mol. The maximum absolute atomic E-state index is 11.5. The van der Waals surface area contributed by atoms with E-state index in [9.17, 15) is 9.90 Å². The van der Waals surface area contributed by atoms with Crippen molar-refractivity contribution in [1.82, 2.24) is 0 Å². The third-order valence-electron chi connectivity index (χ3n) is 11.0. The van der Waals surface area contributed by atoms with Gasteiger partial charge in [-0.15, -0.1) is 11.6 Å². The number of hydrogen-bond donors (Lipinski definition) is 1. The SMILES string of the molecule is CC(C)CCC[C@@H](C)[C@H]1CCC2C3CC=C4CC(C(Cl)C(=O)O)CC[C@]4(C)C3CC[C@@]21C. The van der Waals surface area contributed by atoms with E-state index < -0.39 is 11.3 Å². The van der Waals surface area contributed by atoms with Crippen LogP contribution < -0.4 is 0 Å². The van der Waals surface area contributed by atoms with Crippen LogP contribution in [0.1, 0.15) is 105 Å². The van der Waals surface area contributed by atoms with E-state index in [1.807, 2.05) is 0 Å². The molecule has 0 amide bonds. The van der Waals surface area contributed by atoms with E-state index in [-0.39, 0.29) is 11.3 Å². The summed E-state index contributed by atoms with van der Waals surface area (Å²) in [5, 5.41) is 8.68. The minimum Gasteiger partial charge on any atom is -0.480 e. The number of aliphatic carboxylic acids is 1. The van der Waals surface area contributed by atoms with Crippen LogP contribution >= 0.6 is 11.6 Å². The lowest BCUT2D eigenvalue weighted by molar-refractivity contribution is -0.138. The fraction of sp³-hybridized carbons (Fsp3) is 0.897. The molecule has 32 heavy (non-hydrogen) atoms. The van der Waals surface area contributed by atoms with Crippen LogP contribution in [0.5, 0.6) is 0 Å². The molecule has 4 aliphatic carbocycles. The lowest BCUT2D eigenvalue weighted by Gasteiger charge is -2.58. The Labute approximate surface area is 202 Å². The lowest BCUT2D eigenvalue weighted by Crippen LogP contribution is -2.51. The molecule has 1 N–H and O–H groups in total. The zero-order chi connectivity index (χ0) is 23.3. The molecule has 9 atom stereocenters. The molecular formula is C29H47ClO2. The minimum absolute atomic E-state index is 0.0986. The molecule has 0 bridgehead atoms. The van der Waals surface area contributed by atoms with Crippen LogP contribution in [0.4, 0.5) is 0 Å². The summed E-state index contributed by atoms with van der Waals surface area (Å²) in [6.07, 6.45) is 16.6. The molecule has 3 heteroatoms. The topological polar surface area (TPSA) is 37.3 Å². The number of alkyl halides is 1. The van der Waals surface area contributed by atoms with E-state index in [0.29, 0.717) is 5.41 Å². The molecule has 2 nitrogen and oxygen atoms in total. The summed E-state index contributed by atoms with van der Waals surface area (Å²) in [5.74, 6) is 4.34. The average Bonchev–Trinajstić information content (AvgIpc) is 3.09. The van der Waals surface area contributed by atoms with Gasteiger partial charge in [-0.05, 0) is 104 Å². The predicted molar refractivity (Wildman–Crippen MR) is 134 cm³/mol. The van der Waals surface area contributed by atoms with Gasteiger partial charge in [-0.3, -0.25) is 4.79 Å². The Morgan fingerprint density at radius 2 is 1.84 bits per heavy atom. The molecule has 3 saturated carbocycles. The van der Waals surface area contributed by atoms with Crippen LogP contribution in [-0.4, -0.2) is 16.5 Å². The summed E-state index contributed by atoms with van der Waals surface area (Å²) in [6, 6.07) is 0. The van der Waals surface area contributed by atoms with Crippen LogP contribution in [-0.2, 0) is 4.79 Å². The first kappa shape index (κ1) is 24.6. The Kier molecular flexibility index (Phi) is 7.13. The fourth-order valence-electron chi connectivity index (χ4n) is 9.17. The van der Waals surface area contributed by atoms with Gasteiger partial charge in [0.25, 0.3) is 0 Å². The van der Waals surface area contributed by atoms with Crippen LogP contribution in [0.15, 0.2) is 11.6 Å². The maximum atomic E-state index is 11.5. The second kappa shape index (κ2) is 9.27. The summed E-state index contributed by atoms with van der Waals surface area (Å²) in [6.45, 7) is 12.4. The molecule has 5 unspecified atom stereocenters. The number of allylic oxidation sites excluding steroid dienone is 2. The number of carboxylic acid groups (broad SMARTS) is 1. The summed E-state index contributed by atoms with van der Waals surface area (Å²) in [5.41, 5.74) is 2.35. The molecular weight excluding hydrogens is 416 g/mol. The summed E-state index contributed by atoms with van der Waals surface area (Å²) < 4.78 is 0. The largest absolute Gasteiger partial charge is 0.480 e. The number of fused-ring (bicyclic) bond motifs is 5. The Hall–Kier alpha value is -0.500. The van der Waals surface area contributed by atoms with Crippen LogP contribution in [0.2, 0.25) is 0 Å². The van der Waals surface area contributed by atoms with Crippen molar-refractivity contribution in [2.75, 3.05) is 0 Å². The van der Waals surface area contributed by atoms with Crippen molar-refractivity contribution < 1.29 is 9.90 Å². The maximum Gasteiger partial charge on any atom is 0.321 e. The second-order valence-corrected chi connectivity index (χ2v) is 13.5. The van der Waals surface area contributed by atoms with Crippen molar-refractivity contribution in [2.24, 2.45) is 52.3 Å². The van der Waals surface area contributed by atoms with Gasteiger partial charge in [0, 0.05) is 0 Å². The van der Waals surface area contributed by atoms with Crippen LogP contribution in [0.3, 0.4) is 0 Å². The number of carboxylic acids is 1. The van der Waals surface area contributed by atoms with Gasteiger partial charge in [-0.2, -0.15) is 0 Å². The lowest BCUT2D eigenvalue weighted by atomic mass is 9.46. The smallest absolute Gasteiger partial charge is 0.321 e. The van der Waals surface area contributed by atoms with E-state index >= 15 is 0 Å². The zero-order valence-electron chi connectivity index (χ0n) is 21.2. The van der Waals surface area contributed by atoms with Gasteiger partial charge in [0.05, 0.1) is 0 Å². The van der Waals surface area contributed by atoms with Crippen molar-refractivity contribution in [1.29, 1.82) is 0 Å². The second-order valence-electron chi connectivity index (χ2n) is 13.0. The number of carbonyl (C=O) groups is 1. The third kappa shape index (κ3) is 4.20. The molecule has 0 spiro atoms. The first-order chi connectivity index (χ1) is 15.1.